The topological polar surface area (TPSA) is 13.1 Å². The van der Waals surface area contributed by atoms with E-state index in [4.69, 9.17) is 4.42 Å². The second-order valence-electron chi connectivity index (χ2n) is 13.2. The Morgan fingerprint density at radius 1 is 0.286 bits per heavy atom. The normalized spacial score (nSPS) is 12.1. The average molecular weight is 621 g/mol. The van der Waals surface area contributed by atoms with E-state index in [-0.39, 0.29) is 0 Å². The van der Waals surface area contributed by atoms with Gasteiger partial charge in [-0.15, -0.1) is 0 Å². The zero-order chi connectivity index (χ0) is 32.1. The lowest BCUT2D eigenvalue weighted by atomic mass is 9.84. The van der Waals surface area contributed by atoms with Crippen molar-refractivity contribution >= 4 is 86.4 Å². The van der Waals surface area contributed by atoms with Gasteiger partial charge in [0.05, 0.1) is 6.26 Å². The first kappa shape index (κ1) is 26.6. The minimum absolute atomic E-state index is 0.927. The van der Waals surface area contributed by atoms with Gasteiger partial charge in [0.15, 0.2) is 0 Å². The molecule has 0 spiro atoms. The van der Waals surface area contributed by atoms with Crippen molar-refractivity contribution in [2.75, 3.05) is 0 Å². The van der Waals surface area contributed by atoms with Crippen LogP contribution in [-0.4, -0.2) is 0 Å². The number of benzene rings is 10. The van der Waals surface area contributed by atoms with Gasteiger partial charge in [-0.3, -0.25) is 0 Å². The predicted octanol–water partition coefficient (Wildman–Crippen LogP) is 13.8. The third-order valence-corrected chi connectivity index (χ3v) is 10.7. The summed E-state index contributed by atoms with van der Waals surface area (Å²) in [5, 5.41) is 18.5. The van der Waals surface area contributed by atoms with Crippen LogP contribution in [0.5, 0.6) is 0 Å². The predicted molar refractivity (Wildman–Crippen MR) is 210 cm³/mol. The highest BCUT2D eigenvalue weighted by Gasteiger charge is 2.21. The molecule has 0 saturated carbocycles. The first-order valence-electron chi connectivity index (χ1n) is 16.9. The second-order valence-corrected chi connectivity index (χ2v) is 13.2. The Morgan fingerprint density at radius 3 is 1.61 bits per heavy atom. The Hall–Kier alpha value is -6.44. The van der Waals surface area contributed by atoms with Gasteiger partial charge >= 0.3 is 0 Å². The molecular weight excluding hydrogens is 593 g/mol. The minimum atomic E-state index is 0.927. The molecule has 10 aromatic carbocycles. The summed E-state index contributed by atoms with van der Waals surface area (Å²) in [6, 6.07) is 60.0. The van der Waals surface area contributed by atoms with E-state index in [1.54, 1.807) is 0 Å². The van der Waals surface area contributed by atoms with Crippen LogP contribution in [0.25, 0.3) is 109 Å². The third-order valence-electron chi connectivity index (χ3n) is 10.7. The number of furan rings is 1. The molecule has 0 atom stereocenters. The lowest BCUT2D eigenvalue weighted by Gasteiger charge is -2.18. The Morgan fingerprint density at radius 2 is 0.837 bits per heavy atom. The fourth-order valence-corrected chi connectivity index (χ4v) is 8.48. The molecule has 1 aromatic heterocycles. The summed E-state index contributed by atoms with van der Waals surface area (Å²) in [5.74, 6) is 0. The fourth-order valence-electron chi connectivity index (χ4n) is 8.48. The maximum absolute atomic E-state index is 6.61. The van der Waals surface area contributed by atoms with Crippen LogP contribution in [0.2, 0.25) is 0 Å². The second kappa shape index (κ2) is 10.0. The molecule has 0 saturated heterocycles. The van der Waals surface area contributed by atoms with Crippen LogP contribution in [0, 0.1) is 0 Å². The van der Waals surface area contributed by atoms with Crippen LogP contribution in [0.3, 0.4) is 0 Å². The minimum Gasteiger partial charge on any atom is -0.463 e. The average Bonchev–Trinajstić information content (AvgIpc) is 3.60. The molecular formula is C48H28O. The highest BCUT2D eigenvalue weighted by Crippen LogP contribution is 2.48. The van der Waals surface area contributed by atoms with Crippen LogP contribution in [0.1, 0.15) is 0 Å². The van der Waals surface area contributed by atoms with E-state index in [9.17, 15) is 0 Å². The third kappa shape index (κ3) is 3.76. The molecule has 1 heteroatoms. The van der Waals surface area contributed by atoms with Gasteiger partial charge in [-0.1, -0.05) is 140 Å². The van der Waals surface area contributed by atoms with Crippen LogP contribution in [0.4, 0.5) is 0 Å². The van der Waals surface area contributed by atoms with Crippen molar-refractivity contribution in [1.29, 1.82) is 0 Å². The highest BCUT2D eigenvalue weighted by atomic mass is 16.3. The van der Waals surface area contributed by atoms with Crippen LogP contribution >= 0.6 is 0 Å². The van der Waals surface area contributed by atoms with Crippen molar-refractivity contribution in [3.8, 4) is 22.3 Å². The molecule has 0 bridgehead atoms. The van der Waals surface area contributed by atoms with Crippen molar-refractivity contribution in [2.45, 2.75) is 0 Å². The zero-order valence-electron chi connectivity index (χ0n) is 26.6. The molecule has 0 N–H and O–H groups in total. The quantitative estimate of drug-likeness (QED) is 0.138. The summed E-state index contributed by atoms with van der Waals surface area (Å²) in [7, 11) is 0. The smallest absolute Gasteiger partial charge is 0.142 e. The van der Waals surface area contributed by atoms with Crippen LogP contribution in [-0.2, 0) is 0 Å². The van der Waals surface area contributed by atoms with Gasteiger partial charge < -0.3 is 4.42 Å². The monoisotopic (exact) mass is 620 g/mol. The summed E-state index contributed by atoms with van der Waals surface area (Å²) in [4.78, 5) is 0. The van der Waals surface area contributed by atoms with Gasteiger partial charge in [0, 0.05) is 21.9 Å². The summed E-state index contributed by atoms with van der Waals surface area (Å²) in [6.45, 7) is 0. The van der Waals surface area contributed by atoms with Gasteiger partial charge in [0.25, 0.3) is 0 Å². The van der Waals surface area contributed by atoms with E-state index in [0.29, 0.717) is 0 Å². The van der Waals surface area contributed by atoms with Gasteiger partial charge in [0.1, 0.15) is 5.58 Å². The van der Waals surface area contributed by atoms with Crippen molar-refractivity contribution in [3.63, 3.8) is 0 Å². The molecule has 226 valence electrons. The van der Waals surface area contributed by atoms with Crippen molar-refractivity contribution in [1.82, 2.24) is 0 Å². The fraction of sp³-hybridized carbons (Fsp3) is 0. The lowest BCUT2D eigenvalue weighted by molar-refractivity contribution is 0.620. The number of fused-ring (bicyclic) bond motifs is 13. The van der Waals surface area contributed by atoms with E-state index in [1.807, 2.05) is 6.26 Å². The summed E-state index contributed by atoms with van der Waals surface area (Å²) < 4.78 is 6.61. The Labute approximate surface area is 282 Å². The van der Waals surface area contributed by atoms with E-state index in [2.05, 4.69) is 164 Å². The Bertz CT molecular complexity index is 3120. The molecule has 1 nitrogen and oxygen atoms in total. The summed E-state index contributed by atoms with van der Waals surface area (Å²) >= 11 is 0. The summed E-state index contributed by atoms with van der Waals surface area (Å²) in [6.07, 6.45) is 1.99. The highest BCUT2D eigenvalue weighted by molar-refractivity contribution is 6.30. The SMILES string of the molecule is c1ccc2cc3c(-c4coc5c4ccc4c6ccccc6ccc45)c(-c4cccc5c6ccccc6c6ccccc6c45)ccc3cc2c1. The molecule has 0 unspecified atom stereocenters. The molecule has 11 aromatic rings. The molecule has 0 fully saturated rings. The molecule has 1 heterocycles. The molecule has 49 heavy (non-hydrogen) atoms. The lowest BCUT2D eigenvalue weighted by Crippen LogP contribution is -1.91. The van der Waals surface area contributed by atoms with E-state index >= 15 is 0 Å². The first-order chi connectivity index (χ1) is 24.3. The molecule has 0 aliphatic heterocycles. The molecule has 0 radical (unpaired) electrons. The number of rotatable bonds is 2. The van der Waals surface area contributed by atoms with Gasteiger partial charge in [-0.25, -0.2) is 0 Å². The molecule has 11 rings (SSSR count). The Kier molecular flexibility index (Phi) is 5.45. The molecule has 0 aliphatic rings. The van der Waals surface area contributed by atoms with E-state index in [1.165, 1.54) is 86.7 Å². The van der Waals surface area contributed by atoms with Gasteiger partial charge in [-0.05, 0) is 105 Å². The largest absolute Gasteiger partial charge is 0.463 e. The zero-order valence-corrected chi connectivity index (χ0v) is 26.6. The number of hydrogen-bond donors (Lipinski definition) is 0. The van der Waals surface area contributed by atoms with Crippen molar-refractivity contribution in [3.05, 3.63) is 170 Å². The van der Waals surface area contributed by atoms with Crippen molar-refractivity contribution < 1.29 is 4.42 Å². The van der Waals surface area contributed by atoms with Crippen LogP contribution in [0.15, 0.2) is 174 Å². The number of hydrogen-bond acceptors (Lipinski definition) is 1. The van der Waals surface area contributed by atoms with Gasteiger partial charge in [0.2, 0.25) is 0 Å². The van der Waals surface area contributed by atoms with Crippen LogP contribution < -0.4 is 0 Å². The molecule has 0 amide bonds. The van der Waals surface area contributed by atoms with E-state index < -0.39 is 0 Å². The molecule has 0 aliphatic carbocycles. The Balaban J connectivity index is 1.30. The standard InChI is InChI=1S/C48H28O/c1-2-12-31-27-44-32(26-30(31)11-1)21-22-41(40-19-9-18-39-36-15-6-5-14-34(36)35-16-7-8-17-38(35)46(39)40)47(44)45-28-49-48-42-23-20-29-10-3-4-13-33(29)37(42)24-25-43(45)48/h1-28H. The van der Waals surface area contributed by atoms with Gasteiger partial charge in [-0.2, -0.15) is 0 Å². The maximum Gasteiger partial charge on any atom is 0.142 e. The summed E-state index contributed by atoms with van der Waals surface area (Å²) in [5.41, 5.74) is 5.67. The van der Waals surface area contributed by atoms with E-state index in [0.717, 1.165) is 21.9 Å². The first-order valence-corrected chi connectivity index (χ1v) is 16.9. The maximum atomic E-state index is 6.61. The van der Waals surface area contributed by atoms with Crippen molar-refractivity contribution in [2.24, 2.45) is 0 Å².